The van der Waals surface area contributed by atoms with E-state index < -0.39 is 0 Å². The normalized spacial score (nSPS) is 21.5. The topological polar surface area (TPSA) is 29.3 Å². The molecule has 2 aromatic carbocycles. The summed E-state index contributed by atoms with van der Waals surface area (Å²) in [6.45, 7) is 8.61. The zero-order valence-corrected chi connectivity index (χ0v) is 15.6. The van der Waals surface area contributed by atoms with E-state index in [2.05, 4.69) is 66.1 Å². The van der Waals surface area contributed by atoms with Crippen molar-refractivity contribution in [1.29, 1.82) is 0 Å². The standard InChI is InChI=1S/C19H21N.C2H6.CH5N/c1-14-8-10-15(11-9-14)18-13-20-12-4-7-19(20)17-6-3-2-5-16(17)18;2*1-2/h2-3,5-6,8-11,18-19H,4,7,12-13H2,1H3;1-2H3;2H2,1H3/t18-,19?;;/m0../s1. The van der Waals surface area contributed by atoms with Crippen LogP contribution in [-0.2, 0) is 0 Å². The highest BCUT2D eigenvalue weighted by molar-refractivity contribution is 5.43. The third-order valence-corrected chi connectivity index (χ3v) is 4.99. The van der Waals surface area contributed by atoms with Crippen molar-refractivity contribution in [3.05, 3.63) is 70.8 Å². The number of nitrogens with zero attached hydrogens (tertiary/aromatic N) is 1. The van der Waals surface area contributed by atoms with Gasteiger partial charge in [-0.25, -0.2) is 0 Å². The number of aryl methyl sites for hydroxylation is 1. The van der Waals surface area contributed by atoms with Crippen LogP contribution in [-0.4, -0.2) is 25.0 Å². The minimum absolute atomic E-state index is 0.543. The van der Waals surface area contributed by atoms with Gasteiger partial charge in [-0.05, 0) is 50.0 Å². The molecule has 4 rings (SSSR count). The first kappa shape index (κ1) is 18.7. The van der Waals surface area contributed by atoms with Crippen molar-refractivity contribution in [1.82, 2.24) is 4.90 Å². The van der Waals surface area contributed by atoms with Gasteiger partial charge in [-0.1, -0.05) is 67.9 Å². The fourth-order valence-electron chi connectivity index (χ4n) is 3.95. The molecule has 2 nitrogen and oxygen atoms in total. The summed E-state index contributed by atoms with van der Waals surface area (Å²) in [6.07, 6.45) is 2.68. The number of rotatable bonds is 1. The first-order valence-electron chi connectivity index (χ1n) is 9.30. The van der Waals surface area contributed by atoms with E-state index in [4.69, 9.17) is 0 Å². The lowest BCUT2D eigenvalue weighted by molar-refractivity contribution is 0.230. The molecular weight excluding hydrogens is 292 g/mol. The molecule has 0 radical (unpaired) electrons. The van der Waals surface area contributed by atoms with E-state index in [0.717, 1.165) is 0 Å². The molecule has 2 aromatic rings. The molecule has 0 aromatic heterocycles. The Bertz CT molecular complexity index is 618. The predicted octanol–water partition coefficient (Wildman–Crippen LogP) is 4.88. The highest BCUT2D eigenvalue weighted by atomic mass is 15.2. The van der Waals surface area contributed by atoms with Gasteiger partial charge in [0.05, 0.1) is 0 Å². The zero-order valence-electron chi connectivity index (χ0n) is 15.6. The minimum atomic E-state index is 0.543. The Balaban J connectivity index is 0.000000487. The average molecular weight is 325 g/mol. The summed E-state index contributed by atoms with van der Waals surface area (Å²) in [5, 5.41) is 0. The molecule has 0 saturated carbocycles. The molecule has 1 unspecified atom stereocenters. The van der Waals surface area contributed by atoms with Gasteiger partial charge in [0.1, 0.15) is 0 Å². The predicted molar refractivity (Wildman–Crippen MR) is 104 cm³/mol. The molecule has 2 heteroatoms. The summed E-state index contributed by atoms with van der Waals surface area (Å²) < 4.78 is 0. The molecule has 24 heavy (non-hydrogen) atoms. The van der Waals surface area contributed by atoms with Crippen LogP contribution in [0, 0.1) is 6.92 Å². The van der Waals surface area contributed by atoms with Crippen LogP contribution < -0.4 is 5.73 Å². The minimum Gasteiger partial charge on any atom is -0.333 e. The molecule has 2 aliphatic heterocycles. The number of benzene rings is 2. The number of nitrogens with two attached hydrogens (primary N) is 1. The third kappa shape index (κ3) is 3.71. The van der Waals surface area contributed by atoms with E-state index in [1.807, 2.05) is 13.8 Å². The monoisotopic (exact) mass is 324 g/mol. The summed E-state index contributed by atoms with van der Waals surface area (Å²) >= 11 is 0. The Labute approximate surface area is 147 Å². The average Bonchev–Trinajstić information content (AvgIpc) is 3.14. The largest absolute Gasteiger partial charge is 0.333 e. The van der Waals surface area contributed by atoms with Crippen molar-refractivity contribution in [3.8, 4) is 0 Å². The van der Waals surface area contributed by atoms with Crippen LogP contribution in [0.2, 0.25) is 0 Å². The molecule has 130 valence electrons. The molecular formula is C22H32N2. The number of hydrogen-bond acceptors (Lipinski definition) is 2. The fourth-order valence-corrected chi connectivity index (χ4v) is 3.95. The summed E-state index contributed by atoms with van der Waals surface area (Å²) in [5.41, 5.74) is 10.4. The summed E-state index contributed by atoms with van der Waals surface area (Å²) in [5.74, 6) is 0.543. The summed E-state index contributed by atoms with van der Waals surface area (Å²) in [4.78, 5) is 2.69. The number of fused-ring (bicyclic) bond motifs is 3. The van der Waals surface area contributed by atoms with Gasteiger partial charge < -0.3 is 5.73 Å². The molecule has 0 spiro atoms. The molecule has 2 heterocycles. The van der Waals surface area contributed by atoms with Gasteiger partial charge >= 0.3 is 0 Å². The Morgan fingerprint density at radius 2 is 1.54 bits per heavy atom. The second-order valence-electron chi connectivity index (χ2n) is 6.25. The van der Waals surface area contributed by atoms with E-state index >= 15 is 0 Å². The van der Waals surface area contributed by atoms with Gasteiger partial charge in [0.25, 0.3) is 0 Å². The van der Waals surface area contributed by atoms with Crippen molar-refractivity contribution in [2.24, 2.45) is 5.73 Å². The van der Waals surface area contributed by atoms with Crippen LogP contribution in [0.1, 0.15) is 60.9 Å². The quantitative estimate of drug-likeness (QED) is 0.810. The summed E-state index contributed by atoms with van der Waals surface area (Å²) in [6, 6.07) is 18.9. The lowest BCUT2D eigenvalue weighted by Gasteiger charge is -2.37. The maximum atomic E-state index is 4.50. The second-order valence-corrected chi connectivity index (χ2v) is 6.25. The third-order valence-electron chi connectivity index (χ3n) is 4.99. The smallest absolute Gasteiger partial charge is 0.0351 e. The van der Waals surface area contributed by atoms with E-state index in [9.17, 15) is 0 Å². The molecule has 0 aliphatic carbocycles. The fraction of sp³-hybridized carbons (Fsp3) is 0.455. The Morgan fingerprint density at radius 3 is 2.21 bits per heavy atom. The molecule has 2 N–H and O–H groups in total. The van der Waals surface area contributed by atoms with Crippen LogP contribution in [0.25, 0.3) is 0 Å². The van der Waals surface area contributed by atoms with Gasteiger partial charge in [-0.2, -0.15) is 0 Å². The Morgan fingerprint density at radius 1 is 0.917 bits per heavy atom. The lowest BCUT2D eigenvalue weighted by atomic mass is 9.81. The van der Waals surface area contributed by atoms with Gasteiger partial charge in [0.2, 0.25) is 0 Å². The highest BCUT2D eigenvalue weighted by Crippen LogP contribution is 2.43. The maximum Gasteiger partial charge on any atom is 0.0351 e. The molecule has 1 fully saturated rings. The van der Waals surface area contributed by atoms with Crippen LogP contribution in [0.4, 0.5) is 0 Å². The van der Waals surface area contributed by atoms with Crippen molar-refractivity contribution in [3.63, 3.8) is 0 Å². The number of hydrogen-bond donors (Lipinski definition) is 1. The van der Waals surface area contributed by atoms with Crippen LogP contribution in [0.3, 0.4) is 0 Å². The van der Waals surface area contributed by atoms with Crippen molar-refractivity contribution >= 4 is 0 Å². The van der Waals surface area contributed by atoms with Gasteiger partial charge in [-0.3, -0.25) is 4.90 Å². The SMILES string of the molecule is CC.CN.Cc1ccc([C@@H]2CN3CCCC3c3ccccc32)cc1. The molecule has 2 atom stereocenters. The van der Waals surface area contributed by atoms with Crippen molar-refractivity contribution in [2.75, 3.05) is 20.1 Å². The van der Waals surface area contributed by atoms with E-state index in [-0.39, 0.29) is 0 Å². The summed E-state index contributed by atoms with van der Waals surface area (Å²) in [7, 11) is 1.50. The Kier molecular flexibility index (Phi) is 7.01. The molecule has 0 amide bonds. The molecule has 2 aliphatic rings. The van der Waals surface area contributed by atoms with E-state index in [0.29, 0.717) is 12.0 Å². The van der Waals surface area contributed by atoms with Gasteiger partial charge in [0, 0.05) is 18.5 Å². The van der Waals surface area contributed by atoms with Crippen molar-refractivity contribution < 1.29 is 0 Å². The zero-order chi connectivity index (χ0) is 17.5. The van der Waals surface area contributed by atoms with Crippen LogP contribution in [0.5, 0.6) is 0 Å². The molecule has 0 bridgehead atoms. The van der Waals surface area contributed by atoms with Crippen LogP contribution in [0.15, 0.2) is 48.5 Å². The lowest BCUT2D eigenvalue weighted by Crippen LogP contribution is -2.34. The van der Waals surface area contributed by atoms with Gasteiger partial charge in [-0.15, -0.1) is 0 Å². The first-order valence-corrected chi connectivity index (χ1v) is 9.30. The first-order chi connectivity index (χ1) is 11.8. The van der Waals surface area contributed by atoms with E-state index in [1.54, 1.807) is 11.1 Å². The van der Waals surface area contributed by atoms with Crippen molar-refractivity contribution in [2.45, 2.75) is 45.6 Å². The van der Waals surface area contributed by atoms with Gasteiger partial charge in [0.15, 0.2) is 0 Å². The highest BCUT2D eigenvalue weighted by Gasteiger charge is 2.35. The van der Waals surface area contributed by atoms with E-state index in [1.165, 1.54) is 44.1 Å². The second kappa shape index (κ2) is 9.00. The molecule has 1 saturated heterocycles. The Hall–Kier alpha value is -1.64. The maximum absolute atomic E-state index is 4.50. The van der Waals surface area contributed by atoms with Crippen LogP contribution >= 0.6 is 0 Å².